The summed E-state index contributed by atoms with van der Waals surface area (Å²) < 4.78 is 19.6. The molecule has 0 saturated carbocycles. The number of morpholine rings is 1. The highest BCUT2D eigenvalue weighted by Gasteiger charge is 2.28. The summed E-state index contributed by atoms with van der Waals surface area (Å²) in [6.07, 6.45) is -0.228. The van der Waals surface area contributed by atoms with Crippen LogP contribution in [0.25, 0.3) is 0 Å². The fourth-order valence-corrected chi connectivity index (χ4v) is 2.19. The lowest BCUT2D eigenvalue weighted by atomic mass is 10.1. The van der Waals surface area contributed by atoms with E-state index in [-0.39, 0.29) is 17.7 Å². The highest BCUT2D eigenvalue weighted by molar-refractivity contribution is 9.10. The van der Waals surface area contributed by atoms with Crippen LogP contribution >= 0.6 is 15.9 Å². The van der Waals surface area contributed by atoms with Crippen molar-refractivity contribution < 1.29 is 13.9 Å². The smallest absolute Gasteiger partial charge is 0.244 e. The second kappa shape index (κ2) is 5.77. The fraction of sp³-hybridized carbons (Fsp3) is 0.417. The minimum Gasteiger partial charge on any atom is -0.375 e. The topological polar surface area (TPSA) is 50.4 Å². The molecule has 0 spiro atoms. The maximum Gasteiger partial charge on any atom is 0.244 e. The number of anilines is 1. The number of hydrogen-bond donors (Lipinski definition) is 2. The van der Waals surface area contributed by atoms with Gasteiger partial charge in [0.2, 0.25) is 5.91 Å². The zero-order valence-electron chi connectivity index (χ0n) is 9.87. The Kier molecular flexibility index (Phi) is 4.31. The summed E-state index contributed by atoms with van der Waals surface area (Å²) in [5.74, 6) is -0.755. The van der Waals surface area contributed by atoms with E-state index in [0.29, 0.717) is 17.6 Å². The molecule has 1 aromatic rings. The third kappa shape index (κ3) is 3.07. The molecule has 1 heterocycles. The van der Waals surface area contributed by atoms with Crippen molar-refractivity contribution in [2.24, 2.45) is 0 Å². The lowest BCUT2D eigenvalue weighted by Gasteiger charge is -2.29. The standard InChI is InChI=1S/C12H14BrFN2O2/c1-7-11(15-4-5-18-7)12(17)16-10-6-8(13)2-3-9(10)14/h2-3,6-7,11,15H,4-5H2,1H3,(H,16,17)/t7-,11+/m1/s1. The van der Waals surface area contributed by atoms with Crippen LogP contribution in [0.3, 0.4) is 0 Å². The van der Waals surface area contributed by atoms with Crippen LogP contribution in [0, 0.1) is 5.82 Å². The molecule has 0 unspecified atom stereocenters. The first-order valence-electron chi connectivity index (χ1n) is 5.69. The molecule has 0 aliphatic carbocycles. The molecule has 2 rings (SSSR count). The maximum atomic E-state index is 13.5. The fourth-order valence-electron chi connectivity index (χ4n) is 1.83. The van der Waals surface area contributed by atoms with E-state index in [1.165, 1.54) is 12.1 Å². The summed E-state index contributed by atoms with van der Waals surface area (Å²) in [5.41, 5.74) is 0.161. The lowest BCUT2D eigenvalue weighted by Crippen LogP contribution is -2.53. The molecule has 0 aromatic heterocycles. The predicted octanol–water partition coefficient (Wildman–Crippen LogP) is 1.90. The number of carbonyl (C=O) groups excluding carboxylic acids is 1. The second-order valence-electron chi connectivity index (χ2n) is 4.12. The van der Waals surface area contributed by atoms with Gasteiger partial charge in [-0.1, -0.05) is 15.9 Å². The van der Waals surface area contributed by atoms with Crippen molar-refractivity contribution in [3.63, 3.8) is 0 Å². The zero-order valence-corrected chi connectivity index (χ0v) is 11.5. The normalized spacial score (nSPS) is 23.7. The molecule has 1 amide bonds. The van der Waals surface area contributed by atoms with Gasteiger partial charge in [-0.15, -0.1) is 0 Å². The molecule has 98 valence electrons. The van der Waals surface area contributed by atoms with Crippen LogP contribution < -0.4 is 10.6 Å². The summed E-state index contributed by atoms with van der Waals surface area (Å²) in [5, 5.41) is 5.62. The van der Waals surface area contributed by atoms with Crippen LogP contribution in [-0.2, 0) is 9.53 Å². The van der Waals surface area contributed by atoms with Gasteiger partial charge in [0.05, 0.1) is 18.4 Å². The van der Waals surface area contributed by atoms with Crippen LogP contribution in [0.5, 0.6) is 0 Å². The molecule has 1 fully saturated rings. The molecule has 4 nitrogen and oxygen atoms in total. The monoisotopic (exact) mass is 316 g/mol. The highest BCUT2D eigenvalue weighted by atomic mass is 79.9. The first kappa shape index (κ1) is 13.5. The molecule has 1 saturated heterocycles. The Hall–Kier alpha value is -0.980. The Balaban J connectivity index is 2.08. The van der Waals surface area contributed by atoms with E-state index in [2.05, 4.69) is 26.6 Å². The zero-order chi connectivity index (χ0) is 13.1. The molecule has 2 atom stereocenters. The van der Waals surface area contributed by atoms with E-state index in [0.717, 1.165) is 0 Å². The average molecular weight is 317 g/mol. The minimum atomic E-state index is -0.462. The Labute approximate surface area is 113 Å². The van der Waals surface area contributed by atoms with E-state index < -0.39 is 11.9 Å². The quantitative estimate of drug-likeness (QED) is 0.876. The van der Waals surface area contributed by atoms with Crippen molar-refractivity contribution in [3.05, 3.63) is 28.5 Å². The van der Waals surface area contributed by atoms with Crippen molar-refractivity contribution in [2.45, 2.75) is 19.1 Å². The summed E-state index contributed by atoms with van der Waals surface area (Å²) in [6.45, 7) is 3.01. The van der Waals surface area contributed by atoms with E-state index in [9.17, 15) is 9.18 Å². The molecular weight excluding hydrogens is 303 g/mol. The molecule has 1 aliphatic rings. The van der Waals surface area contributed by atoms with Crippen molar-refractivity contribution in [1.29, 1.82) is 0 Å². The number of ether oxygens (including phenoxy) is 1. The maximum absolute atomic E-state index is 13.5. The van der Waals surface area contributed by atoms with Gasteiger partial charge in [0.25, 0.3) is 0 Å². The van der Waals surface area contributed by atoms with Crippen LogP contribution in [0.1, 0.15) is 6.92 Å². The SMILES string of the molecule is C[C@H]1OCCN[C@@H]1C(=O)Nc1cc(Br)ccc1F. The Bertz CT molecular complexity index is 456. The van der Waals surface area contributed by atoms with Gasteiger partial charge < -0.3 is 15.4 Å². The molecule has 6 heteroatoms. The number of halogens is 2. The van der Waals surface area contributed by atoms with Crippen LogP contribution in [0.2, 0.25) is 0 Å². The highest BCUT2D eigenvalue weighted by Crippen LogP contribution is 2.20. The van der Waals surface area contributed by atoms with Crippen molar-refractivity contribution >= 4 is 27.5 Å². The summed E-state index contributed by atoms with van der Waals surface area (Å²) >= 11 is 3.24. The molecule has 2 N–H and O–H groups in total. The van der Waals surface area contributed by atoms with Gasteiger partial charge in [0, 0.05) is 11.0 Å². The van der Waals surface area contributed by atoms with Gasteiger partial charge in [-0.25, -0.2) is 4.39 Å². The second-order valence-corrected chi connectivity index (χ2v) is 5.04. The first-order chi connectivity index (χ1) is 8.58. The number of rotatable bonds is 2. The van der Waals surface area contributed by atoms with Gasteiger partial charge in [0.15, 0.2) is 0 Å². The average Bonchev–Trinajstić information content (AvgIpc) is 2.34. The van der Waals surface area contributed by atoms with Gasteiger partial charge in [-0.2, -0.15) is 0 Å². The minimum absolute atomic E-state index is 0.161. The van der Waals surface area contributed by atoms with E-state index in [4.69, 9.17) is 4.74 Å². The molecule has 1 aliphatic heterocycles. The summed E-state index contributed by atoms with van der Waals surface area (Å²) in [7, 11) is 0. The van der Waals surface area contributed by atoms with Crippen molar-refractivity contribution in [2.75, 3.05) is 18.5 Å². The van der Waals surface area contributed by atoms with Gasteiger partial charge >= 0.3 is 0 Å². The number of nitrogens with one attached hydrogen (secondary N) is 2. The number of carbonyl (C=O) groups is 1. The third-order valence-electron chi connectivity index (χ3n) is 2.79. The molecular formula is C12H14BrFN2O2. The van der Waals surface area contributed by atoms with E-state index in [1.54, 1.807) is 6.07 Å². The summed E-state index contributed by atoms with van der Waals surface area (Å²) in [6, 6.07) is 3.95. The molecule has 0 radical (unpaired) electrons. The van der Waals surface area contributed by atoms with Crippen molar-refractivity contribution in [3.8, 4) is 0 Å². The molecule has 1 aromatic carbocycles. The first-order valence-corrected chi connectivity index (χ1v) is 6.48. The number of amides is 1. The van der Waals surface area contributed by atoms with Gasteiger partial charge in [0.1, 0.15) is 11.9 Å². The van der Waals surface area contributed by atoms with Crippen LogP contribution in [0.15, 0.2) is 22.7 Å². The number of benzene rings is 1. The molecule has 18 heavy (non-hydrogen) atoms. The van der Waals surface area contributed by atoms with E-state index in [1.807, 2.05) is 6.92 Å². The Morgan fingerprint density at radius 1 is 1.61 bits per heavy atom. The lowest BCUT2D eigenvalue weighted by molar-refractivity contribution is -0.123. The largest absolute Gasteiger partial charge is 0.375 e. The molecule has 0 bridgehead atoms. The summed E-state index contributed by atoms with van der Waals surface area (Å²) in [4.78, 5) is 12.0. The third-order valence-corrected chi connectivity index (χ3v) is 3.28. The number of hydrogen-bond acceptors (Lipinski definition) is 3. The van der Waals surface area contributed by atoms with Crippen molar-refractivity contribution in [1.82, 2.24) is 5.32 Å². The van der Waals surface area contributed by atoms with Crippen LogP contribution in [0.4, 0.5) is 10.1 Å². The van der Waals surface area contributed by atoms with Crippen LogP contribution in [-0.4, -0.2) is 31.2 Å². The Morgan fingerprint density at radius 3 is 3.11 bits per heavy atom. The predicted molar refractivity (Wildman–Crippen MR) is 69.9 cm³/mol. The van der Waals surface area contributed by atoms with E-state index >= 15 is 0 Å². The van der Waals surface area contributed by atoms with Gasteiger partial charge in [-0.3, -0.25) is 4.79 Å². The van der Waals surface area contributed by atoms with Gasteiger partial charge in [-0.05, 0) is 25.1 Å². The Morgan fingerprint density at radius 2 is 2.39 bits per heavy atom.